The molecule has 9 nitrogen and oxygen atoms in total. The molecular formula is C22H20N8O. The maximum absolute atomic E-state index is 12.9. The van der Waals surface area contributed by atoms with Gasteiger partial charge in [-0.05, 0) is 44.4 Å². The molecule has 0 aliphatic heterocycles. The fourth-order valence-corrected chi connectivity index (χ4v) is 4.09. The summed E-state index contributed by atoms with van der Waals surface area (Å²) >= 11 is 0. The Labute approximate surface area is 177 Å². The van der Waals surface area contributed by atoms with E-state index in [1.54, 1.807) is 29.3 Å². The summed E-state index contributed by atoms with van der Waals surface area (Å²) in [5.41, 5.74) is 1.95. The van der Waals surface area contributed by atoms with Gasteiger partial charge in [0.1, 0.15) is 23.1 Å². The number of nitrogens with zero attached hydrogens (tertiary/aromatic N) is 7. The Morgan fingerprint density at radius 1 is 1.19 bits per heavy atom. The number of fused-ring (bicyclic) bond motifs is 1. The van der Waals surface area contributed by atoms with E-state index in [4.69, 9.17) is 4.98 Å². The molecule has 0 saturated heterocycles. The van der Waals surface area contributed by atoms with Crippen LogP contribution in [0, 0.1) is 18.3 Å². The van der Waals surface area contributed by atoms with Gasteiger partial charge < -0.3 is 4.98 Å². The van der Waals surface area contributed by atoms with E-state index in [1.807, 2.05) is 32.0 Å². The van der Waals surface area contributed by atoms with Crippen molar-refractivity contribution in [2.24, 2.45) is 0 Å². The van der Waals surface area contributed by atoms with E-state index in [2.05, 4.69) is 25.0 Å². The molecule has 0 radical (unpaired) electrons. The molecular weight excluding hydrogens is 392 g/mol. The molecule has 154 valence electrons. The Balaban J connectivity index is 1.61. The largest absolute Gasteiger partial charge is 0.310 e. The number of aromatic nitrogens is 7. The summed E-state index contributed by atoms with van der Waals surface area (Å²) in [6.45, 7) is 3.87. The molecule has 1 aliphatic carbocycles. The van der Waals surface area contributed by atoms with E-state index < -0.39 is 0 Å². The highest BCUT2D eigenvalue weighted by molar-refractivity contribution is 5.80. The lowest BCUT2D eigenvalue weighted by atomic mass is 9.72. The minimum absolute atomic E-state index is 0.0183. The van der Waals surface area contributed by atoms with E-state index >= 15 is 0 Å². The van der Waals surface area contributed by atoms with Crippen molar-refractivity contribution in [3.63, 3.8) is 0 Å². The second kappa shape index (κ2) is 7.40. The first-order chi connectivity index (χ1) is 15.1. The smallest absolute Gasteiger partial charge is 0.263 e. The van der Waals surface area contributed by atoms with E-state index in [0.717, 1.165) is 29.9 Å². The molecule has 1 aliphatic rings. The summed E-state index contributed by atoms with van der Waals surface area (Å²) in [5.74, 6) is 1.46. The number of pyridine rings is 1. The average molecular weight is 412 g/mol. The van der Waals surface area contributed by atoms with Crippen molar-refractivity contribution >= 4 is 11.0 Å². The molecule has 0 amide bonds. The van der Waals surface area contributed by atoms with Gasteiger partial charge in [0.15, 0.2) is 11.3 Å². The van der Waals surface area contributed by atoms with Gasteiger partial charge in [-0.1, -0.05) is 6.07 Å². The number of H-pyrrole nitrogens is 1. The van der Waals surface area contributed by atoms with Gasteiger partial charge in [0.2, 0.25) is 0 Å². The van der Waals surface area contributed by atoms with Crippen molar-refractivity contribution in [2.45, 2.75) is 44.6 Å². The lowest BCUT2D eigenvalue weighted by Gasteiger charge is -2.34. The molecule has 4 aromatic rings. The molecule has 0 spiro atoms. The zero-order valence-electron chi connectivity index (χ0n) is 17.1. The maximum Gasteiger partial charge on any atom is 0.263 e. The zero-order valence-corrected chi connectivity index (χ0v) is 17.1. The number of nitrogens with one attached hydrogen (secondary N) is 1. The second-order valence-corrected chi connectivity index (χ2v) is 7.86. The SMILES string of the molecule is Cc1ccc([C@H](C)n2nc(C#N)c3c(=O)[nH]c([C@@H]4CC[C@H]4c4ncccn4)nc32)cn1. The fraction of sp³-hybridized carbons (Fsp3) is 0.318. The van der Waals surface area contributed by atoms with Gasteiger partial charge in [-0.15, -0.1) is 0 Å². The first-order valence-corrected chi connectivity index (χ1v) is 10.2. The topological polar surface area (TPSA) is 126 Å². The fourth-order valence-electron chi connectivity index (χ4n) is 4.09. The van der Waals surface area contributed by atoms with Crippen molar-refractivity contribution in [1.82, 2.24) is 34.7 Å². The van der Waals surface area contributed by atoms with E-state index in [1.165, 1.54) is 0 Å². The number of hydrogen-bond acceptors (Lipinski definition) is 7. The Bertz CT molecular complexity index is 1350. The summed E-state index contributed by atoms with van der Waals surface area (Å²) in [4.78, 5) is 33.7. The van der Waals surface area contributed by atoms with Crippen LogP contribution >= 0.6 is 0 Å². The number of aryl methyl sites for hydroxylation is 1. The van der Waals surface area contributed by atoms with Crippen LogP contribution in [0.1, 0.15) is 66.2 Å². The van der Waals surface area contributed by atoms with Crippen LogP contribution in [-0.4, -0.2) is 34.7 Å². The summed E-state index contributed by atoms with van der Waals surface area (Å²) in [6, 6.07) is 7.46. The molecule has 4 aromatic heterocycles. The molecule has 4 heterocycles. The Hall–Kier alpha value is -3.93. The van der Waals surface area contributed by atoms with Gasteiger partial charge in [0.25, 0.3) is 5.56 Å². The minimum atomic E-state index is -0.350. The summed E-state index contributed by atoms with van der Waals surface area (Å²) in [6.07, 6.45) is 7.05. The quantitative estimate of drug-likeness (QED) is 0.546. The number of hydrogen-bond donors (Lipinski definition) is 1. The Kier molecular flexibility index (Phi) is 4.55. The Morgan fingerprint density at radius 3 is 2.61 bits per heavy atom. The normalized spacial score (nSPS) is 19.0. The van der Waals surface area contributed by atoms with Crippen LogP contribution < -0.4 is 5.56 Å². The molecule has 9 heteroatoms. The third kappa shape index (κ3) is 3.17. The van der Waals surface area contributed by atoms with Gasteiger partial charge in [-0.3, -0.25) is 9.78 Å². The number of aromatic amines is 1. The highest BCUT2D eigenvalue weighted by Gasteiger charge is 2.37. The molecule has 0 bridgehead atoms. The molecule has 3 atom stereocenters. The molecule has 0 unspecified atom stereocenters. The van der Waals surface area contributed by atoms with Crippen molar-refractivity contribution in [3.8, 4) is 6.07 Å². The molecule has 0 aromatic carbocycles. The van der Waals surface area contributed by atoms with Crippen LogP contribution in [0.25, 0.3) is 11.0 Å². The summed E-state index contributed by atoms with van der Waals surface area (Å²) < 4.78 is 1.64. The first kappa shape index (κ1) is 19.1. The predicted molar refractivity (Wildman–Crippen MR) is 112 cm³/mol. The maximum atomic E-state index is 12.9. The van der Waals surface area contributed by atoms with Crippen LogP contribution in [0.3, 0.4) is 0 Å². The first-order valence-electron chi connectivity index (χ1n) is 10.2. The van der Waals surface area contributed by atoms with Gasteiger partial charge in [-0.25, -0.2) is 19.6 Å². The molecule has 1 saturated carbocycles. The molecule has 31 heavy (non-hydrogen) atoms. The van der Waals surface area contributed by atoms with Gasteiger partial charge in [-0.2, -0.15) is 10.4 Å². The van der Waals surface area contributed by atoms with E-state index in [9.17, 15) is 10.1 Å². The summed E-state index contributed by atoms with van der Waals surface area (Å²) in [7, 11) is 0. The zero-order chi connectivity index (χ0) is 21.5. The average Bonchev–Trinajstić information content (AvgIpc) is 3.13. The third-order valence-electron chi connectivity index (χ3n) is 6.01. The van der Waals surface area contributed by atoms with Crippen LogP contribution in [0.15, 0.2) is 41.6 Å². The van der Waals surface area contributed by atoms with Crippen molar-refractivity contribution in [1.29, 1.82) is 5.26 Å². The number of rotatable bonds is 4. The lowest BCUT2D eigenvalue weighted by molar-refractivity contribution is 0.319. The predicted octanol–water partition coefficient (Wildman–Crippen LogP) is 2.76. The molecule has 1 N–H and O–H groups in total. The van der Waals surface area contributed by atoms with Crippen molar-refractivity contribution in [2.75, 3.05) is 0 Å². The monoisotopic (exact) mass is 412 g/mol. The van der Waals surface area contributed by atoms with Crippen LogP contribution in [-0.2, 0) is 0 Å². The second-order valence-electron chi connectivity index (χ2n) is 7.86. The Morgan fingerprint density at radius 2 is 1.97 bits per heavy atom. The van der Waals surface area contributed by atoms with Crippen molar-refractivity contribution in [3.05, 3.63) is 75.7 Å². The van der Waals surface area contributed by atoms with Crippen molar-refractivity contribution < 1.29 is 0 Å². The lowest BCUT2D eigenvalue weighted by Crippen LogP contribution is -2.28. The summed E-state index contributed by atoms with van der Waals surface area (Å²) in [5, 5.41) is 14.2. The van der Waals surface area contributed by atoms with Gasteiger partial charge >= 0.3 is 0 Å². The van der Waals surface area contributed by atoms with Gasteiger partial charge in [0, 0.05) is 36.1 Å². The van der Waals surface area contributed by atoms with E-state index in [0.29, 0.717) is 11.5 Å². The highest BCUT2D eigenvalue weighted by Crippen LogP contribution is 2.46. The van der Waals surface area contributed by atoms with Crippen LogP contribution in [0.2, 0.25) is 0 Å². The van der Waals surface area contributed by atoms with Crippen LogP contribution in [0.5, 0.6) is 0 Å². The van der Waals surface area contributed by atoms with E-state index in [-0.39, 0.29) is 34.5 Å². The molecule has 5 rings (SSSR count). The minimum Gasteiger partial charge on any atom is -0.310 e. The number of nitriles is 1. The molecule has 1 fully saturated rings. The van der Waals surface area contributed by atoms with Gasteiger partial charge in [0.05, 0.1) is 6.04 Å². The third-order valence-corrected chi connectivity index (χ3v) is 6.01. The highest BCUT2D eigenvalue weighted by atomic mass is 16.1. The standard InChI is InChI=1S/C22H20N8O/c1-12-4-5-14(11-26-12)13(2)30-21-18(17(10-23)29-30)22(31)28-20(27-21)16-7-6-15(16)19-24-8-3-9-25-19/h3-5,8-9,11,13,15-16H,6-7H2,1-2H3,(H,27,28,31)/t13-,15+,16+/m0/s1. The van der Waals surface area contributed by atoms with Crippen LogP contribution in [0.4, 0.5) is 0 Å².